The molecule has 0 amide bonds. The van der Waals surface area contributed by atoms with E-state index >= 15 is 0 Å². The van der Waals surface area contributed by atoms with Gasteiger partial charge in [0.1, 0.15) is 0 Å². The highest BCUT2D eigenvalue weighted by atomic mass is 15.1. The Labute approximate surface area is 82.8 Å². The van der Waals surface area contributed by atoms with Gasteiger partial charge in [-0.2, -0.15) is 0 Å². The third-order valence-corrected chi connectivity index (χ3v) is 3.23. The molecule has 0 radical (unpaired) electrons. The molecule has 2 atom stereocenters. The van der Waals surface area contributed by atoms with Gasteiger partial charge in [-0.1, -0.05) is 18.9 Å². The molecule has 0 aliphatic carbocycles. The highest BCUT2D eigenvalue weighted by Crippen LogP contribution is 2.29. The summed E-state index contributed by atoms with van der Waals surface area (Å²) in [6.45, 7) is 11.0. The molecule has 1 aliphatic rings. The summed E-state index contributed by atoms with van der Waals surface area (Å²) >= 11 is 0. The lowest BCUT2D eigenvalue weighted by Crippen LogP contribution is -2.13. The number of hydrogen-bond acceptors (Lipinski definition) is 1. The zero-order chi connectivity index (χ0) is 9.84. The minimum Gasteiger partial charge on any atom is -0.306 e. The third-order valence-electron chi connectivity index (χ3n) is 3.23. The molecule has 76 valence electrons. The van der Waals surface area contributed by atoms with Gasteiger partial charge in [0.25, 0.3) is 0 Å². The largest absolute Gasteiger partial charge is 0.306 e. The molecular formula is C12H23N. The lowest BCUT2D eigenvalue weighted by molar-refractivity contribution is 0.382. The van der Waals surface area contributed by atoms with Crippen LogP contribution >= 0.6 is 0 Å². The molecule has 0 spiro atoms. The first kappa shape index (κ1) is 10.8. The Bertz CT molecular complexity index is 174. The molecule has 0 aromatic rings. The van der Waals surface area contributed by atoms with Crippen molar-refractivity contribution >= 4 is 0 Å². The van der Waals surface area contributed by atoms with Crippen molar-refractivity contribution in [2.75, 3.05) is 20.1 Å². The SMILES string of the molecule is C=C(C)CCC1CN(C)CC1CC. The summed E-state index contributed by atoms with van der Waals surface area (Å²) in [5.74, 6) is 1.86. The predicted octanol–water partition coefficient (Wildman–Crippen LogP) is 2.93. The molecule has 0 N–H and O–H groups in total. The first-order chi connectivity index (χ1) is 6.13. The Morgan fingerprint density at radius 2 is 2.00 bits per heavy atom. The molecule has 1 rings (SSSR count). The van der Waals surface area contributed by atoms with Gasteiger partial charge in [-0.3, -0.25) is 0 Å². The minimum atomic E-state index is 0.923. The average molecular weight is 181 g/mol. The topological polar surface area (TPSA) is 3.24 Å². The summed E-state index contributed by atoms with van der Waals surface area (Å²) < 4.78 is 0. The second-order valence-electron chi connectivity index (χ2n) is 4.65. The van der Waals surface area contributed by atoms with Gasteiger partial charge in [-0.05, 0) is 38.6 Å². The Hall–Kier alpha value is -0.300. The van der Waals surface area contributed by atoms with Crippen LogP contribution in [0.25, 0.3) is 0 Å². The molecule has 0 aromatic carbocycles. The first-order valence-corrected chi connectivity index (χ1v) is 5.46. The predicted molar refractivity (Wildman–Crippen MR) is 58.8 cm³/mol. The zero-order valence-electron chi connectivity index (χ0n) is 9.34. The lowest BCUT2D eigenvalue weighted by atomic mass is 9.89. The summed E-state index contributed by atoms with van der Waals surface area (Å²) in [6, 6.07) is 0. The molecule has 13 heavy (non-hydrogen) atoms. The normalized spacial score (nSPS) is 29.5. The second kappa shape index (κ2) is 4.80. The number of nitrogens with zero attached hydrogens (tertiary/aromatic N) is 1. The summed E-state index contributed by atoms with van der Waals surface area (Å²) in [5, 5.41) is 0. The van der Waals surface area contributed by atoms with Crippen LogP contribution in [-0.4, -0.2) is 25.0 Å². The summed E-state index contributed by atoms with van der Waals surface area (Å²) in [5.41, 5.74) is 1.34. The van der Waals surface area contributed by atoms with Crippen molar-refractivity contribution < 1.29 is 0 Å². The Morgan fingerprint density at radius 1 is 1.38 bits per heavy atom. The quantitative estimate of drug-likeness (QED) is 0.603. The van der Waals surface area contributed by atoms with Gasteiger partial charge in [-0.25, -0.2) is 0 Å². The van der Waals surface area contributed by atoms with E-state index in [9.17, 15) is 0 Å². The van der Waals surface area contributed by atoms with Crippen molar-refractivity contribution in [2.24, 2.45) is 11.8 Å². The maximum absolute atomic E-state index is 3.97. The van der Waals surface area contributed by atoms with Crippen LogP contribution in [0.5, 0.6) is 0 Å². The molecule has 0 bridgehead atoms. The van der Waals surface area contributed by atoms with Gasteiger partial charge in [0, 0.05) is 13.1 Å². The lowest BCUT2D eigenvalue weighted by Gasteiger charge is -2.16. The van der Waals surface area contributed by atoms with Crippen LogP contribution < -0.4 is 0 Å². The van der Waals surface area contributed by atoms with Crippen molar-refractivity contribution in [2.45, 2.75) is 33.1 Å². The van der Waals surface area contributed by atoms with Gasteiger partial charge in [0.2, 0.25) is 0 Å². The summed E-state index contributed by atoms with van der Waals surface area (Å²) in [6.07, 6.45) is 3.90. The number of hydrogen-bond donors (Lipinski definition) is 0. The molecular weight excluding hydrogens is 158 g/mol. The van der Waals surface area contributed by atoms with Gasteiger partial charge in [0.05, 0.1) is 0 Å². The molecule has 1 nitrogen and oxygen atoms in total. The monoisotopic (exact) mass is 181 g/mol. The Kier molecular flexibility index (Phi) is 3.98. The molecule has 1 aliphatic heterocycles. The van der Waals surface area contributed by atoms with E-state index in [1.54, 1.807) is 0 Å². The fourth-order valence-corrected chi connectivity index (χ4v) is 2.39. The first-order valence-electron chi connectivity index (χ1n) is 5.46. The van der Waals surface area contributed by atoms with Crippen molar-refractivity contribution in [3.05, 3.63) is 12.2 Å². The fraction of sp³-hybridized carbons (Fsp3) is 0.833. The van der Waals surface area contributed by atoms with Crippen LogP contribution in [0.3, 0.4) is 0 Å². The van der Waals surface area contributed by atoms with Crippen molar-refractivity contribution in [3.63, 3.8) is 0 Å². The van der Waals surface area contributed by atoms with E-state index in [4.69, 9.17) is 0 Å². The average Bonchev–Trinajstić information content (AvgIpc) is 2.42. The van der Waals surface area contributed by atoms with Crippen LogP contribution in [0, 0.1) is 11.8 Å². The molecule has 2 unspecified atom stereocenters. The van der Waals surface area contributed by atoms with Crippen LogP contribution in [0.1, 0.15) is 33.1 Å². The van der Waals surface area contributed by atoms with Crippen LogP contribution in [0.4, 0.5) is 0 Å². The number of likely N-dealkylation sites (tertiary alicyclic amines) is 1. The van der Waals surface area contributed by atoms with E-state index in [0.717, 1.165) is 11.8 Å². The Morgan fingerprint density at radius 3 is 2.54 bits per heavy atom. The number of rotatable bonds is 4. The highest BCUT2D eigenvalue weighted by molar-refractivity contribution is 4.91. The minimum absolute atomic E-state index is 0.923. The highest BCUT2D eigenvalue weighted by Gasteiger charge is 2.28. The van der Waals surface area contributed by atoms with Crippen LogP contribution in [-0.2, 0) is 0 Å². The van der Waals surface area contributed by atoms with E-state index in [1.807, 2.05) is 0 Å². The zero-order valence-corrected chi connectivity index (χ0v) is 9.34. The Balaban J connectivity index is 2.35. The summed E-state index contributed by atoms with van der Waals surface area (Å²) in [7, 11) is 2.24. The van der Waals surface area contributed by atoms with E-state index in [0.29, 0.717) is 0 Å². The van der Waals surface area contributed by atoms with Crippen molar-refractivity contribution in [1.82, 2.24) is 4.90 Å². The molecule has 1 heteroatoms. The van der Waals surface area contributed by atoms with Gasteiger partial charge >= 0.3 is 0 Å². The standard InChI is InChI=1S/C12H23N/c1-5-11-8-13(4)9-12(11)7-6-10(2)3/h11-12H,2,5-9H2,1,3-4H3. The van der Waals surface area contributed by atoms with Crippen LogP contribution in [0.15, 0.2) is 12.2 Å². The smallest absolute Gasteiger partial charge is 0.000996 e. The third kappa shape index (κ3) is 3.15. The molecule has 1 saturated heterocycles. The summed E-state index contributed by atoms with van der Waals surface area (Å²) in [4.78, 5) is 2.47. The number of allylic oxidation sites excluding steroid dienone is 1. The second-order valence-corrected chi connectivity index (χ2v) is 4.65. The maximum atomic E-state index is 3.97. The van der Waals surface area contributed by atoms with E-state index in [1.165, 1.54) is 37.9 Å². The molecule has 0 saturated carbocycles. The van der Waals surface area contributed by atoms with Gasteiger partial charge in [-0.15, -0.1) is 6.58 Å². The fourth-order valence-electron chi connectivity index (χ4n) is 2.39. The molecule has 0 aromatic heterocycles. The van der Waals surface area contributed by atoms with Crippen molar-refractivity contribution in [1.29, 1.82) is 0 Å². The molecule has 1 fully saturated rings. The van der Waals surface area contributed by atoms with Crippen LogP contribution in [0.2, 0.25) is 0 Å². The van der Waals surface area contributed by atoms with Gasteiger partial charge in [0.15, 0.2) is 0 Å². The van der Waals surface area contributed by atoms with E-state index in [2.05, 4.69) is 32.4 Å². The molecule has 1 heterocycles. The van der Waals surface area contributed by atoms with E-state index < -0.39 is 0 Å². The van der Waals surface area contributed by atoms with Gasteiger partial charge < -0.3 is 4.90 Å². The van der Waals surface area contributed by atoms with Crippen molar-refractivity contribution in [3.8, 4) is 0 Å². The van der Waals surface area contributed by atoms with E-state index in [-0.39, 0.29) is 0 Å². The maximum Gasteiger partial charge on any atom is 0.000996 e.